The van der Waals surface area contributed by atoms with Crippen molar-refractivity contribution in [2.75, 3.05) is 26.1 Å². The zero-order chi connectivity index (χ0) is 19.8. The molecule has 148 valence electrons. The van der Waals surface area contributed by atoms with E-state index in [4.69, 9.17) is 9.47 Å². The van der Waals surface area contributed by atoms with Crippen LogP contribution in [0, 0.1) is 5.92 Å². The Morgan fingerprint density at radius 2 is 1.89 bits per heavy atom. The summed E-state index contributed by atoms with van der Waals surface area (Å²) in [6, 6.07) is 15.1. The van der Waals surface area contributed by atoms with E-state index in [1.54, 1.807) is 14.2 Å². The number of nitrogens with zero attached hydrogens (tertiary/aromatic N) is 1. The van der Waals surface area contributed by atoms with Gasteiger partial charge in [-0.15, -0.1) is 0 Å². The molecule has 0 saturated heterocycles. The molecule has 0 radical (unpaired) electrons. The summed E-state index contributed by atoms with van der Waals surface area (Å²) in [5.41, 5.74) is 1.74. The quantitative estimate of drug-likeness (QED) is 0.680. The number of hydrogen-bond acceptors (Lipinski definition) is 3. The molecule has 0 aromatic heterocycles. The summed E-state index contributed by atoms with van der Waals surface area (Å²) in [5, 5.41) is 3.01. The number of hydrogen-bond donors (Lipinski definition) is 1. The number of nitrogens with one attached hydrogen (secondary N) is 1. The van der Waals surface area contributed by atoms with Gasteiger partial charge in [-0.3, -0.25) is 0 Å². The second-order valence-electron chi connectivity index (χ2n) is 6.97. The highest BCUT2D eigenvalue weighted by atomic mass is 16.5. The second kappa shape index (κ2) is 9.83. The average Bonchev–Trinajstić information content (AvgIpc) is 2.75. The first-order valence-electron chi connectivity index (χ1n) is 9.68. The number of para-hydroxylation sites is 1. The number of carbonyl (C=O) groups is 1. The Kier molecular flexibility index (Phi) is 6.95. The van der Waals surface area contributed by atoms with Crippen molar-refractivity contribution in [2.24, 2.45) is 5.92 Å². The number of allylic oxidation sites excluding steroid dienone is 1. The Bertz CT molecular complexity index is 802. The number of ether oxygens (including phenoxy) is 2. The standard InChI is InChI=1S/C23H28N2O3/c1-27-21-14-12-20(13-15-21)24-23(26)25(16-18-8-4-3-5-9-18)17-19-10-6-7-11-22(19)28-2/h4,6-8,10-15,18H,3,5,9,16-17H2,1-2H3,(H,24,26)/t18-/m0/s1. The number of carbonyl (C=O) groups excluding carboxylic acids is 1. The molecule has 2 amide bonds. The molecular formula is C23H28N2O3. The van der Waals surface area contributed by atoms with E-state index in [-0.39, 0.29) is 6.03 Å². The maximum atomic E-state index is 13.1. The summed E-state index contributed by atoms with van der Waals surface area (Å²) in [6.07, 6.45) is 7.86. The highest BCUT2D eigenvalue weighted by Crippen LogP contribution is 2.24. The van der Waals surface area contributed by atoms with Crippen molar-refractivity contribution in [2.45, 2.75) is 25.8 Å². The number of benzene rings is 2. The van der Waals surface area contributed by atoms with Gasteiger partial charge in [0.2, 0.25) is 0 Å². The predicted molar refractivity (Wildman–Crippen MR) is 112 cm³/mol. The fraction of sp³-hybridized carbons (Fsp3) is 0.348. The third-order valence-electron chi connectivity index (χ3n) is 4.99. The summed E-state index contributed by atoms with van der Waals surface area (Å²) in [5.74, 6) is 1.94. The molecule has 1 atom stereocenters. The fourth-order valence-electron chi connectivity index (χ4n) is 3.45. The highest BCUT2D eigenvalue weighted by molar-refractivity contribution is 5.89. The van der Waals surface area contributed by atoms with Crippen molar-refractivity contribution < 1.29 is 14.3 Å². The summed E-state index contributed by atoms with van der Waals surface area (Å²) < 4.78 is 10.7. The first kappa shape index (κ1) is 19.8. The Balaban J connectivity index is 1.76. The third kappa shape index (κ3) is 5.28. The van der Waals surface area contributed by atoms with Crippen LogP contribution in [0.15, 0.2) is 60.7 Å². The average molecular weight is 380 g/mol. The van der Waals surface area contributed by atoms with Gasteiger partial charge >= 0.3 is 6.03 Å². The van der Waals surface area contributed by atoms with Crippen LogP contribution in [-0.2, 0) is 6.54 Å². The number of amides is 2. The highest BCUT2D eigenvalue weighted by Gasteiger charge is 2.20. The van der Waals surface area contributed by atoms with Crippen LogP contribution in [0.1, 0.15) is 24.8 Å². The summed E-state index contributed by atoms with van der Waals surface area (Å²) in [7, 11) is 3.28. The smallest absolute Gasteiger partial charge is 0.322 e. The molecule has 5 heteroatoms. The Morgan fingerprint density at radius 3 is 2.57 bits per heavy atom. The Hall–Kier alpha value is -2.95. The minimum Gasteiger partial charge on any atom is -0.497 e. The largest absolute Gasteiger partial charge is 0.497 e. The molecule has 0 aliphatic heterocycles. The van der Waals surface area contributed by atoms with Crippen molar-refractivity contribution in [3.63, 3.8) is 0 Å². The van der Waals surface area contributed by atoms with Gasteiger partial charge in [-0.05, 0) is 55.5 Å². The monoisotopic (exact) mass is 380 g/mol. The van der Waals surface area contributed by atoms with Crippen LogP contribution >= 0.6 is 0 Å². The predicted octanol–water partition coefficient (Wildman–Crippen LogP) is 5.09. The zero-order valence-corrected chi connectivity index (χ0v) is 16.6. The van der Waals surface area contributed by atoms with E-state index in [0.29, 0.717) is 19.0 Å². The van der Waals surface area contributed by atoms with Crippen molar-refractivity contribution >= 4 is 11.7 Å². The van der Waals surface area contributed by atoms with Crippen LogP contribution < -0.4 is 14.8 Å². The van der Waals surface area contributed by atoms with Gasteiger partial charge in [0.1, 0.15) is 11.5 Å². The molecular weight excluding hydrogens is 352 g/mol. The molecule has 5 nitrogen and oxygen atoms in total. The van der Waals surface area contributed by atoms with Gasteiger partial charge in [0.25, 0.3) is 0 Å². The molecule has 0 unspecified atom stereocenters. The minimum atomic E-state index is -0.116. The number of urea groups is 1. The van der Waals surface area contributed by atoms with E-state index >= 15 is 0 Å². The van der Waals surface area contributed by atoms with Gasteiger partial charge in [-0.2, -0.15) is 0 Å². The fourth-order valence-corrected chi connectivity index (χ4v) is 3.45. The van der Waals surface area contributed by atoms with E-state index in [2.05, 4.69) is 17.5 Å². The number of rotatable bonds is 7. The number of anilines is 1. The van der Waals surface area contributed by atoms with Gasteiger partial charge in [0.15, 0.2) is 0 Å². The third-order valence-corrected chi connectivity index (χ3v) is 4.99. The molecule has 0 heterocycles. The molecule has 0 saturated carbocycles. The van der Waals surface area contributed by atoms with Crippen molar-refractivity contribution in [3.05, 3.63) is 66.2 Å². The Morgan fingerprint density at radius 1 is 1.11 bits per heavy atom. The summed E-state index contributed by atoms with van der Waals surface area (Å²) in [4.78, 5) is 14.9. The van der Waals surface area contributed by atoms with Crippen molar-refractivity contribution in [3.8, 4) is 11.5 Å². The molecule has 0 spiro atoms. The van der Waals surface area contributed by atoms with Gasteiger partial charge in [-0.25, -0.2) is 4.79 Å². The molecule has 3 rings (SSSR count). The first-order valence-corrected chi connectivity index (χ1v) is 9.68. The first-order chi connectivity index (χ1) is 13.7. The van der Waals surface area contributed by atoms with Crippen molar-refractivity contribution in [1.29, 1.82) is 0 Å². The van der Waals surface area contributed by atoms with E-state index in [9.17, 15) is 4.79 Å². The SMILES string of the molecule is COc1ccc(NC(=O)N(Cc2ccccc2OC)C[C@H]2C=CCCC2)cc1. The molecule has 1 N–H and O–H groups in total. The van der Waals surface area contributed by atoms with Gasteiger partial charge in [0, 0.05) is 17.8 Å². The molecule has 1 aliphatic carbocycles. The van der Waals surface area contributed by atoms with Crippen LogP contribution in [0.5, 0.6) is 11.5 Å². The van der Waals surface area contributed by atoms with Gasteiger partial charge in [-0.1, -0.05) is 30.4 Å². The zero-order valence-electron chi connectivity index (χ0n) is 16.6. The van der Waals surface area contributed by atoms with Crippen LogP contribution in [0.25, 0.3) is 0 Å². The molecule has 1 aliphatic rings. The van der Waals surface area contributed by atoms with Crippen LogP contribution in [0.4, 0.5) is 10.5 Å². The lowest BCUT2D eigenvalue weighted by molar-refractivity contribution is 0.200. The van der Waals surface area contributed by atoms with Crippen LogP contribution in [0.2, 0.25) is 0 Å². The lowest BCUT2D eigenvalue weighted by Gasteiger charge is -2.28. The van der Waals surface area contributed by atoms with E-state index in [0.717, 1.165) is 35.6 Å². The van der Waals surface area contributed by atoms with Crippen LogP contribution in [-0.4, -0.2) is 31.7 Å². The second-order valence-corrected chi connectivity index (χ2v) is 6.97. The summed E-state index contributed by atoms with van der Waals surface area (Å²) in [6.45, 7) is 1.17. The topological polar surface area (TPSA) is 50.8 Å². The normalized spacial score (nSPS) is 15.7. The van der Waals surface area contributed by atoms with E-state index in [1.165, 1.54) is 6.42 Å². The van der Waals surface area contributed by atoms with Gasteiger partial charge < -0.3 is 19.7 Å². The molecule has 2 aromatic rings. The maximum Gasteiger partial charge on any atom is 0.322 e. The molecule has 0 fully saturated rings. The lowest BCUT2D eigenvalue weighted by Crippen LogP contribution is -2.38. The van der Waals surface area contributed by atoms with E-state index < -0.39 is 0 Å². The molecule has 2 aromatic carbocycles. The lowest BCUT2D eigenvalue weighted by atomic mass is 9.95. The molecule has 28 heavy (non-hydrogen) atoms. The minimum absolute atomic E-state index is 0.116. The Labute approximate surface area is 167 Å². The maximum absolute atomic E-state index is 13.1. The van der Waals surface area contributed by atoms with Crippen molar-refractivity contribution in [1.82, 2.24) is 4.90 Å². The number of methoxy groups -OCH3 is 2. The van der Waals surface area contributed by atoms with Gasteiger partial charge in [0.05, 0.1) is 20.8 Å². The molecule has 0 bridgehead atoms. The summed E-state index contributed by atoms with van der Waals surface area (Å²) >= 11 is 0. The van der Waals surface area contributed by atoms with Crippen LogP contribution in [0.3, 0.4) is 0 Å². The van der Waals surface area contributed by atoms with E-state index in [1.807, 2.05) is 53.4 Å².